The van der Waals surface area contributed by atoms with Crippen molar-refractivity contribution >= 4 is 17.6 Å². The van der Waals surface area contributed by atoms with Crippen molar-refractivity contribution in [3.05, 3.63) is 48.0 Å². The largest absolute Gasteiger partial charge is 0.486 e. The molecule has 0 aromatic heterocycles. The second-order valence-corrected chi connectivity index (χ2v) is 6.99. The number of carbonyl (C=O) groups is 2. The highest BCUT2D eigenvalue weighted by Gasteiger charge is 2.19. The van der Waals surface area contributed by atoms with Crippen molar-refractivity contribution in [2.45, 2.75) is 32.8 Å². The van der Waals surface area contributed by atoms with Gasteiger partial charge in [-0.05, 0) is 42.7 Å². The molecular formula is C22H25NO6. The van der Waals surface area contributed by atoms with E-state index in [4.69, 9.17) is 18.9 Å². The van der Waals surface area contributed by atoms with Gasteiger partial charge in [-0.2, -0.15) is 0 Å². The lowest BCUT2D eigenvalue weighted by Gasteiger charge is -2.19. The van der Waals surface area contributed by atoms with E-state index in [-0.39, 0.29) is 6.61 Å². The second-order valence-electron chi connectivity index (χ2n) is 6.99. The molecule has 1 amide bonds. The molecule has 7 nitrogen and oxygen atoms in total. The van der Waals surface area contributed by atoms with Crippen LogP contribution in [0.4, 0.5) is 5.69 Å². The number of esters is 1. The average molecular weight is 399 g/mol. The number of carbonyl (C=O) groups excluding carboxylic acids is 2. The molecule has 0 saturated carbocycles. The first-order valence-electron chi connectivity index (χ1n) is 9.55. The third-order valence-corrected chi connectivity index (χ3v) is 4.39. The van der Waals surface area contributed by atoms with Crippen LogP contribution in [0.3, 0.4) is 0 Å². The van der Waals surface area contributed by atoms with Crippen molar-refractivity contribution in [1.82, 2.24) is 0 Å². The summed E-state index contributed by atoms with van der Waals surface area (Å²) in [6.07, 6.45) is -0.970. The average Bonchev–Trinajstić information content (AvgIpc) is 2.72. The van der Waals surface area contributed by atoms with Crippen molar-refractivity contribution in [1.29, 1.82) is 0 Å². The van der Waals surface area contributed by atoms with Crippen LogP contribution in [0.2, 0.25) is 0 Å². The molecule has 0 fully saturated rings. The zero-order valence-electron chi connectivity index (χ0n) is 16.8. The smallest absolute Gasteiger partial charge is 0.344 e. The first-order chi connectivity index (χ1) is 13.9. The molecule has 1 aliphatic rings. The van der Waals surface area contributed by atoms with Crippen LogP contribution < -0.4 is 19.5 Å². The molecule has 2 aromatic rings. The van der Waals surface area contributed by atoms with Crippen LogP contribution in [0, 0.1) is 0 Å². The molecule has 1 heterocycles. The quantitative estimate of drug-likeness (QED) is 0.717. The fourth-order valence-corrected chi connectivity index (χ4v) is 2.74. The number of anilines is 1. The summed E-state index contributed by atoms with van der Waals surface area (Å²) in [4.78, 5) is 24.3. The molecule has 3 rings (SSSR count). The first kappa shape index (κ1) is 20.5. The van der Waals surface area contributed by atoms with Crippen molar-refractivity contribution in [2.75, 3.05) is 25.1 Å². The Labute approximate surface area is 169 Å². The van der Waals surface area contributed by atoms with Gasteiger partial charge in [0.25, 0.3) is 5.91 Å². The van der Waals surface area contributed by atoms with E-state index in [9.17, 15) is 9.59 Å². The third kappa shape index (κ3) is 5.63. The lowest BCUT2D eigenvalue weighted by molar-refractivity contribution is -0.155. The summed E-state index contributed by atoms with van der Waals surface area (Å²) in [7, 11) is 0. The predicted octanol–water partition coefficient (Wildman–Crippen LogP) is 3.53. The van der Waals surface area contributed by atoms with E-state index < -0.39 is 18.0 Å². The second kappa shape index (κ2) is 9.32. The van der Waals surface area contributed by atoms with Gasteiger partial charge in [0.15, 0.2) is 24.2 Å². The van der Waals surface area contributed by atoms with Gasteiger partial charge < -0.3 is 24.3 Å². The zero-order chi connectivity index (χ0) is 20.8. The normalized spacial score (nSPS) is 13.5. The lowest BCUT2D eigenvalue weighted by atomic mass is 10.0. The van der Waals surface area contributed by atoms with E-state index in [0.29, 0.717) is 42.1 Å². The molecule has 7 heteroatoms. The zero-order valence-corrected chi connectivity index (χ0v) is 16.8. The van der Waals surface area contributed by atoms with Gasteiger partial charge in [-0.1, -0.05) is 26.0 Å². The lowest BCUT2D eigenvalue weighted by Crippen LogP contribution is -2.31. The highest BCUT2D eigenvalue weighted by atomic mass is 16.6. The van der Waals surface area contributed by atoms with Crippen molar-refractivity contribution in [3.8, 4) is 17.2 Å². The summed E-state index contributed by atoms with van der Waals surface area (Å²) in [5, 5.41) is 2.70. The van der Waals surface area contributed by atoms with Gasteiger partial charge in [-0.25, -0.2) is 4.79 Å². The van der Waals surface area contributed by atoms with Crippen LogP contribution in [0.25, 0.3) is 0 Å². The molecule has 0 aliphatic carbocycles. The van der Waals surface area contributed by atoms with E-state index >= 15 is 0 Å². The number of hydrogen-bond acceptors (Lipinski definition) is 6. The number of nitrogens with one attached hydrogen (secondary N) is 1. The molecule has 0 radical (unpaired) electrons. The van der Waals surface area contributed by atoms with Crippen molar-refractivity contribution in [3.63, 3.8) is 0 Å². The van der Waals surface area contributed by atoms with Crippen LogP contribution in [0.1, 0.15) is 32.3 Å². The van der Waals surface area contributed by atoms with E-state index in [1.54, 1.807) is 30.3 Å². The van der Waals surface area contributed by atoms with Gasteiger partial charge in [-0.15, -0.1) is 0 Å². The number of rotatable bonds is 7. The van der Waals surface area contributed by atoms with Crippen molar-refractivity contribution in [2.24, 2.45) is 0 Å². The fourth-order valence-electron chi connectivity index (χ4n) is 2.74. The number of ether oxygens (including phenoxy) is 4. The maximum Gasteiger partial charge on any atom is 0.344 e. The minimum Gasteiger partial charge on any atom is -0.486 e. The van der Waals surface area contributed by atoms with E-state index in [0.717, 1.165) is 0 Å². The van der Waals surface area contributed by atoms with Crippen LogP contribution in [0.5, 0.6) is 17.2 Å². The van der Waals surface area contributed by atoms with E-state index in [2.05, 4.69) is 19.2 Å². The number of benzene rings is 2. The van der Waals surface area contributed by atoms with Gasteiger partial charge in [0.2, 0.25) is 0 Å². The molecule has 154 valence electrons. The van der Waals surface area contributed by atoms with Gasteiger partial charge in [0.1, 0.15) is 19.0 Å². The maximum absolute atomic E-state index is 12.3. The Balaban J connectivity index is 1.46. The summed E-state index contributed by atoms with van der Waals surface area (Å²) in [6.45, 7) is 6.38. The first-order valence-corrected chi connectivity index (χ1v) is 9.55. The van der Waals surface area contributed by atoms with E-state index in [1.807, 2.05) is 12.1 Å². The molecule has 0 bridgehead atoms. The Bertz CT molecular complexity index is 862. The Morgan fingerprint density at radius 3 is 2.38 bits per heavy atom. The van der Waals surface area contributed by atoms with Crippen LogP contribution in [0.15, 0.2) is 42.5 Å². The van der Waals surface area contributed by atoms with Crippen LogP contribution >= 0.6 is 0 Å². The highest BCUT2D eigenvalue weighted by molar-refractivity contribution is 5.95. The molecule has 1 N–H and O–H groups in total. The Morgan fingerprint density at radius 2 is 1.69 bits per heavy atom. The molecule has 0 spiro atoms. The summed E-state index contributed by atoms with van der Waals surface area (Å²) >= 11 is 0. The molecule has 1 atom stereocenters. The highest BCUT2D eigenvalue weighted by Crippen LogP contribution is 2.32. The molecule has 2 aromatic carbocycles. The number of hydrogen-bond donors (Lipinski definition) is 1. The minimum atomic E-state index is -0.970. The SMILES string of the molecule is CC(C)c1ccc(OCC(=O)O[C@H](C)C(=O)Nc2ccc3c(c2)OCCO3)cc1. The minimum absolute atomic E-state index is 0.275. The summed E-state index contributed by atoms with van der Waals surface area (Å²) in [6, 6.07) is 12.6. The number of fused-ring (bicyclic) bond motifs is 1. The Morgan fingerprint density at radius 1 is 1.00 bits per heavy atom. The molecule has 0 unspecified atom stereocenters. The Hall–Kier alpha value is -3.22. The monoisotopic (exact) mass is 399 g/mol. The molecule has 0 saturated heterocycles. The van der Waals surface area contributed by atoms with Crippen molar-refractivity contribution < 1.29 is 28.5 Å². The topological polar surface area (TPSA) is 83.1 Å². The van der Waals surface area contributed by atoms with Gasteiger partial charge in [-0.3, -0.25) is 4.79 Å². The van der Waals surface area contributed by atoms with Crippen LogP contribution in [-0.2, 0) is 14.3 Å². The predicted molar refractivity (Wildman–Crippen MR) is 108 cm³/mol. The van der Waals surface area contributed by atoms with Crippen LogP contribution in [-0.4, -0.2) is 37.8 Å². The molecule has 1 aliphatic heterocycles. The maximum atomic E-state index is 12.3. The van der Waals surface area contributed by atoms with E-state index in [1.165, 1.54) is 12.5 Å². The summed E-state index contributed by atoms with van der Waals surface area (Å²) < 4.78 is 21.5. The Kier molecular flexibility index (Phi) is 6.59. The fraction of sp³-hybridized carbons (Fsp3) is 0.364. The number of amides is 1. The summed E-state index contributed by atoms with van der Waals surface area (Å²) in [5.74, 6) is 1.12. The standard InChI is InChI=1S/C22H25NO6/c1-14(2)16-4-7-18(8-5-16)28-13-21(24)29-15(3)22(25)23-17-6-9-19-20(12-17)27-11-10-26-19/h4-9,12,14-15H,10-11,13H2,1-3H3,(H,23,25)/t15-/m1/s1. The van der Waals surface area contributed by atoms with Gasteiger partial charge >= 0.3 is 5.97 Å². The molecular weight excluding hydrogens is 374 g/mol. The van der Waals surface area contributed by atoms with Gasteiger partial charge in [0.05, 0.1) is 0 Å². The van der Waals surface area contributed by atoms with Gasteiger partial charge in [0, 0.05) is 11.8 Å². The molecule has 29 heavy (non-hydrogen) atoms. The third-order valence-electron chi connectivity index (χ3n) is 4.39. The summed E-state index contributed by atoms with van der Waals surface area (Å²) in [5.41, 5.74) is 1.72.